The zero-order valence-electron chi connectivity index (χ0n) is 8.12. The molecule has 16 heavy (non-hydrogen) atoms. The molecule has 0 saturated carbocycles. The number of halogens is 3. The number of aromatic nitrogens is 3. The van der Waals surface area contributed by atoms with E-state index >= 15 is 0 Å². The Hall–Kier alpha value is -1.92. The van der Waals surface area contributed by atoms with Crippen molar-refractivity contribution in [2.45, 2.75) is 13.1 Å². The summed E-state index contributed by atoms with van der Waals surface area (Å²) in [6.45, 7) is 1.58. The fourth-order valence-electron chi connectivity index (χ4n) is 1.13. The van der Waals surface area contributed by atoms with E-state index in [9.17, 15) is 13.2 Å². The lowest BCUT2D eigenvalue weighted by molar-refractivity contribution is -0.137. The molecule has 0 saturated heterocycles. The Bertz CT molecular complexity index is 507. The van der Waals surface area contributed by atoms with Gasteiger partial charge in [-0.3, -0.25) is 4.98 Å². The van der Waals surface area contributed by atoms with Gasteiger partial charge in [-0.05, 0) is 13.0 Å². The van der Waals surface area contributed by atoms with Gasteiger partial charge in [-0.15, -0.1) is 0 Å². The molecule has 4 nitrogen and oxygen atoms in total. The molecule has 0 bridgehead atoms. The first-order valence-corrected chi connectivity index (χ1v) is 4.30. The monoisotopic (exact) mass is 229 g/mol. The third-order valence-corrected chi connectivity index (χ3v) is 1.84. The molecular weight excluding hydrogens is 223 g/mol. The van der Waals surface area contributed by atoms with Crippen LogP contribution in [0.3, 0.4) is 0 Å². The first-order chi connectivity index (χ1) is 7.47. The lowest BCUT2D eigenvalue weighted by Crippen LogP contribution is -2.05. The summed E-state index contributed by atoms with van der Waals surface area (Å²) in [4.78, 5) is 7.31. The Labute approximate surface area is 88.1 Å². The van der Waals surface area contributed by atoms with E-state index in [0.717, 1.165) is 12.3 Å². The maximum Gasteiger partial charge on any atom is 0.417 e. The highest BCUT2D eigenvalue weighted by molar-refractivity contribution is 5.52. The van der Waals surface area contributed by atoms with Gasteiger partial charge in [0, 0.05) is 12.4 Å². The van der Waals surface area contributed by atoms with Crippen LogP contribution in [0, 0.1) is 6.92 Å². The third kappa shape index (κ3) is 2.02. The lowest BCUT2D eigenvalue weighted by atomic mass is 10.2. The van der Waals surface area contributed by atoms with E-state index in [0.29, 0.717) is 5.82 Å². The number of rotatable bonds is 1. The van der Waals surface area contributed by atoms with Crippen molar-refractivity contribution in [2.75, 3.05) is 0 Å². The summed E-state index contributed by atoms with van der Waals surface area (Å²) in [6, 6.07) is 0.917. The molecule has 2 rings (SSSR count). The van der Waals surface area contributed by atoms with Crippen LogP contribution in [0.2, 0.25) is 0 Å². The zero-order valence-corrected chi connectivity index (χ0v) is 8.12. The number of aryl methyl sites for hydroxylation is 1. The minimum absolute atomic E-state index is 0.0242. The van der Waals surface area contributed by atoms with Crippen molar-refractivity contribution in [1.29, 1.82) is 0 Å². The molecule has 2 aromatic rings. The molecule has 0 amide bonds. The molecule has 0 N–H and O–H groups in total. The molecule has 0 aliphatic carbocycles. The quantitative estimate of drug-likeness (QED) is 0.753. The van der Waals surface area contributed by atoms with Gasteiger partial charge in [0.25, 0.3) is 5.89 Å². The molecule has 2 aromatic heterocycles. The van der Waals surface area contributed by atoms with Gasteiger partial charge in [-0.25, -0.2) is 0 Å². The summed E-state index contributed by atoms with van der Waals surface area (Å²) >= 11 is 0. The fraction of sp³-hybridized carbons (Fsp3) is 0.222. The summed E-state index contributed by atoms with van der Waals surface area (Å²) in [5, 5.41) is 3.49. The molecule has 0 atom stereocenters. The van der Waals surface area contributed by atoms with Gasteiger partial charge >= 0.3 is 6.18 Å². The lowest BCUT2D eigenvalue weighted by Gasteiger charge is -2.05. The minimum Gasteiger partial charge on any atom is -0.334 e. The largest absolute Gasteiger partial charge is 0.417 e. The van der Waals surface area contributed by atoms with Gasteiger partial charge in [0.05, 0.1) is 11.1 Å². The highest BCUT2D eigenvalue weighted by atomic mass is 19.4. The maximum absolute atomic E-state index is 12.4. The van der Waals surface area contributed by atoms with Crippen molar-refractivity contribution in [3.63, 3.8) is 0 Å². The Balaban J connectivity index is 2.44. The molecule has 7 heteroatoms. The SMILES string of the molecule is Cc1noc(-c2cncc(C(F)(F)F)c2)n1. The van der Waals surface area contributed by atoms with E-state index in [1.807, 2.05) is 0 Å². The number of alkyl halides is 3. The van der Waals surface area contributed by atoms with Crippen LogP contribution >= 0.6 is 0 Å². The molecule has 0 radical (unpaired) electrons. The minimum atomic E-state index is -4.43. The van der Waals surface area contributed by atoms with E-state index in [1.165, 1.54) is 6.20 Å². The van der Waals surface area contributed by atoms with Crippen molar-refractivity contribution >= 4 is 0 Å². The van der Waals surface area contributed by atoms with Crippen LogP contribution in [-0.2, 0) is 6.18 Å². The molecule has 0 fully saturated rings. The smallest absolute Gasteiger partial charge is 0.334 e. The van der Waals surface area contributed by atoms with Gasteiger partial charge in [0.1, 0.15) is 0 Å². The number of hydrogen-bond acceptors (Lipinski definition) is 4. The van der Waals surface area contributed by atoms with Crippen LogP contribution in [-0.4, -0.2) is 15.1 Å². The van der Waals surface area contributed by atoms with Crippen LogP contribution < -0.4 is 0 Å². The van der Waals surface area contributed by atoms with Gasteiger partial charge < -0.3 is 4.52 Å². The van der Waals surface area contributed by atoms with Crippen LogP contribution in [0.15, 0.2) is 23.0 Å². The van der Waals surface area contributed by atoms with E-state index < -0.39 is 11.7 Å². The molecule has 0 spiro atoms. The van der Waals surface area contributed by atoms with Gasteiger partial charge in [-0.1, -0.05) is 5.16 Å². The Morgan fingerprint density at radius 3 is 2.56 bits per heavy atom. The molecule has 0 unspecified atom stereocenters. The maximum atomic E-state index is 12.4. The molecule has 0 aliphatic rings. The summed E-state index contributed by atoms with van der Waals surface area (Å²) in [5.41, 5.74) is -0.698. The Kier molecular flexibility index (Phi) is 2.37. The standard InChI is InChI=1S/C9H6F3N3O/c1-5-14-8(16-15-5)6-2-7(4-13-3-6)9(10,11)12/h2-4H,1H3. The van der Waals surface area contributed by atoms with Gasteiger partial charge in [0.2, 0.25) is 0 Å². The molecule has 2 heterocycles. The van der Waals surface area contributed by atoms with Crippen molar-refractivity contribution in [1.82, 2.24) is 15.1 Å². The van der Waals surface area contributed by atoms with Gasteiger partial charge in [0.15, 0.2) is 5.82 Å². The van der Waals surface area contributed by atoms with E-state index in [1.54, 1.807) is 6.92 Å². The molecule has 0 aliphatic heterocycles. The summed E-state index contributed by atoms with van der Waals surface area (Å²) in [5.74, 6) is 0.378. The average Bonchev–Trinajstić information content (AvgIpc) is 2.64. The van der Waals surface area contributed by atoms with Crippen LogP contribution in [0.25, 0.3) is 11.5 Å². The first-order valence-electron chi connectivity index (χ1n) is 4.30. The third-order valence-electron chi connectivity index (χ3n) is 1.84. The van der Waals surface area contributed by atoms with Crippen LogP contribution in [0.4, 0.5) is 13.2 Å². The fourth-order valence-corrected chi connectivity index (χ4v) is 1.13. The van der Waals surface area contributed by atoms with E-state index in [4.69, 9.17) is 4.52 Å². The van der Waals surface area contributed by atoms with Crippen LogP contribution in [0.5, 0.6) is 0 Å². The second kappa shape index (κ2) is 3.58. The van der Waals surface area contributed by atoms with Crippen molar-refractivity contribution in [3.05, 3.63) is 29.8 Å². The van der Waals surface area contributed by atoms with Crippen molar-refractivity contribution < 1.29 is 17.7 Å². The topological polar surface area (TPSA) is 51.8 Å². The predicted molar refractivity (Wildman–Crippen MR) is 47.3 cm³/mol. The zero-order chi connectivity index (χ0) is 11.8. The van der Waals surface area contributed by atoms with E-state index in [2.05, 4.69) is 15.1 Å². The number of pyridine rings is 1. The Morgan fingerprint density at radius 1 is 1.25 bits per heavy atom. The molecule has 84 valence electrons. The second-order valence-electron chi connectivity index (χ2n) is 3.11. The van der Waals surface area contributed by atoms with Crippen molar-refractivity contribution in [2.24, 2.45) is 0 Å². The highest BCUT2D eigenvalue weighted by Crippen LogP contribution is 2.30. The van der Waals surface area contributed by atoms with Crippen molar-refractivity contribution in [3.8, 4) is 11.5 Å². The first kappa shape index (κ1) is 10.6. The number of nitrogens with zero attached hydrogens (tertiary/aromatic N) is 3. The summed E-state index contributed by atoms with van der Waals surface area (Å²) < 4.78 is 41.9. The average molecular weight is 229 g/mol. The Morgan fingerprint density at radius 2 is 2.00 bits per heavy atom. The second-order valence-corrected chi connectivity index (χ2v) is 3.11. The van der Waals surface area contributed by atoms with Crippen LogP contribution in [0.1, 0.15) is 11.4 Å². The summed E-state index contributed by atoms with van der Waals surface area (Å²) in [6.07, 6.45) is -2.45. The molecule has 0 aromatic carbocycles. The predicted octanol–water partition coefficient (Wildman–Crippen LogP) is 2.46. The molecular formula is C9H6F3N3O. The normalized spacial score (nSPS) is 11.8. The van der Waals surface area contributed by atoms with E-state index in [-0.39, 0.29) is 11.5 Å². The summed E-state index contributed by atoms with van der Waals surface area (Å²) in [7, 11) is 0. The van der Waals surface area contributed by atoms with Gasteiger partial charge in [-0.2, -0.15) is 18.2 Å². The number of hydrogen-bond donors (Lipinski definition) is 0. The highest BCUT2D eigenvalue weighted by Gasteiger charge is 2.31.